The zero-order chi connectivity index (χ0) is 28.3. The van der Waals surface area contributed by atoms with Gasteiger partial charge in [0, 0.05) is 13.0 Å². The van der Waals surface area contributed by atoms with Crippen LogP contribution >= 0.6 is 11.8 Å². The fourth-order valence-corrected chi connectivity index (χ4v) is 5.42. The third-order valence-corrected chi connectivity index (χ3v) is 7.72. The zero-order valence-electron chi connectivity index (χ0n) is 22.1. The number of carboxylic acid groups (broad SMARTS) is 1. The number of carboxylic acids is 1. The van der Waals surface area contributed by atoms with Gasteiger partial charge >= 0.3 is 11.9 Å². The van der Waals surface area contributed by atoms with E-state index < -0.39 is 46.5 Å². The van der Waals surface area contributed by atoms with Gasteiger partial charge in [-0.25, -0.2) is 9.80 Å². The summed E-state index contributed by atoms with van der Waals surface area (Å²) in [5.74, 6) is -2.04. The van der Waals surface area contributed by atoms with Crippen molar-refractivity contribution in [3.63, 3.8) is 0 Å². The molecule has 0 radical (unpaired) electrons. The molecular weight excluding hydrogens is 530 g/mol. The molecule has 39 heavy (non-hydrogen) atoms. The third-order valence-electron chi connectivity index (χ3n) is 6.69. The molecule has 2 fully saturated rings. The molecule has 13 heteroatoms. The van der Waals surface area contributed by atoms with E-state index >= 15 is 0 Å². The van der Waals surface area contributed by atoms with Gasteiger partial charge in [-0.05, 0) is 64.2 Å². The molecule has 1 unspecified atom stereocenters. The van der Waals surface area contributed by atoms with E-state index in [0.29, 0.717) is 17.9 Å². The summed E-state index contributed by atoms with van der Waals surface area (Å²) in [6, 6.07) is 3.05. The van der Waals surface area contributed by atoms with Gasteiger partial charge in [-0.3, -0.25) is 24.2 Å². The van der Waals surface area contributed by atoms with Gasteiger partial charge < -0.3 is 24.6 Å². The quantitative estimate of drug-likeness (QED) is 0.353. The van der Waals surface area contributed by atoms with Crippen molar-refractivity contribution in [1.29, 1.82) is 0 Å². The Kier molecular flexibility index (Phi) is 8.57. The highest BCUT2D eigenvalue weighted by atomic mass is 32.2. The molecule has 212 valence electrons. The molecule has 3 aliphatic heterocycles. The predicted octanol–water partition coefficient (Wildman–Crippen LogP) is 1.70. The topological polar surface area (TPSA) is 152 Å². The van der Waals surface area contributed by atoms with Crippen molar-refractivity contribution in [1.82, 2.24) is 15.3 Å². The second-order valence-electron chi connectivity index (χ2n) is 10.6. The SMILES string of the molecule is CC(C)(C)C(=O)OCS[C@@H](Cc1ccc2c(c1)OCO2)C(=O)NC1CCC(=O)N2CCC[C@@H](C(=O)O)N2C1=O. The predicted molar refractivity (Wildman–Crippen MR) is 138 cm³/mol. The number of rotatable bonds is 8. The molecule has 1 aromatic rings. The van der Waals surface area contributed by atoms with Gasteiger partial charge in [-0.15, -0.1) is 11.8 Å². The molecule has 12 nitrogen and oxygen atoms in total. The Labute approximate surface area is 230 Å². The lowest BCUT2D eigenvalue weighted by atomic mass is 9.98. The number of ether oxygens (including phenoxy) is 3. The van der Waals surface area contributed by atoms with Crippen LogP contribution in [0.4, 0.5) is 0 Å². The number of aliphatic carboxylic acids is 1. The normalized spacial score (nSPS) is 21.6. The van der Waals surface area contributed by atoms with Crippen molar-refractivity contribution in [2.75, 3.05) is 19.3 Å². The highest BCUT2D eigenvalue weighted by Gasteiger charge is 2.45. The molecular formula is C26H33N3O9S. The summed E-state index contributed by atoms with van der Waals surface area (Å²) in [6.45, 7) is 5.53. The van der Waals surface area contributed by atoms with E-state index in [0.717, 1.165) is 22.3 Å². The van der Waals surface area contributed by atoms with Crippen LogP contribution in [0.1, 0.15) is 52.0 Å². The van der Waals surface area contributed by atoms with Crippen molar-refractivity contribution in [3.8, 4) is 11.5 Å². The monoisotopic (exact) mass is 563 g/mol. The number of carbonyl (C=O) groups excluding carboxylic acids is 4. The summed E-state index contributed by atoms with van der Waals surface area (Å²) >= 11 is 1.10. The van der Waals surface area contributed by atoms with E-state index in [1.54, 1.807) is 39.0 Å². The molecule has 0 spiro atoms. The lowest BCUT2D eigenvalue weighted by molar-refractivity contribution is -0.180. The van der Waals surface area contributed by atoms with E-state index in [2.05, 4.69) is 5.32 Å². The molecule has 3 aliphatic rings. The minimum atomic E-state index is -1.20. The Balaban J connectivity index is 1.51. The number of amides is 3. The molecule has 0 saturated carbocycles. The lowest BCUT2D eigenvalue weighted by Gasteiger charge is -2.41. The van der Waals surface area contributed by atoms with Gasteiger partial charge in [0.25, 0.3) is 5.91 Å². The number of carbonyl (C=O) groups is 5. The Hall–Kier alpha value is -3.48. The van der Waals surface area contributed by atoms with Crippen molar-refractivity contribution >= 4 is 41.4 Å². The zero-order valence-corrected chi connectivity index (χ0v) is 23.0. The maximum Gasteiger partial charge on any atom is 0.328 e. The number of hydrazine groups is 1. The number of esters is 1. The molecule has 2 N–H and O–H groups in total. The first kappa shape index (κ1) is 28.5. The molecule has 0 bridgehead atoms. The van der Waals surface area contributed by atoms with Crippen LogP contribution in [0.25, 0.3) is 0 Å². The molecule has 0 aliphatic carbocycles. The van der Waals surface area contributed by atoms with Crippen LogP contribution in [0.3, 0.4) is 0 Å². The second-order valence-corrected chi connectivity index (χ2v) is 11.8. The number of nitrogens with one attached hydrogen (secondary N) is 1. The smallest absolute Gasteiger partial charge is 0.328 e. The molecule has 3 atom stereocenters. The average molecular weight is 564 g/mol. The highest BCUT2D eigenvalue weighted by Crippen LogP contribution is 2.34. The highest BCUT2D eigenvalue weighted by molar-refractivity contribution is 8.00. The summed E-state index contributed by atoms with van der Waals surface area (Å²) in [7, 11) is 0. The van der Waals surface area contributed by atoms with Gasteiger partial charge in [0.05, 0.1) is 10.7 Å². The maximum atomic E-state index is 13.5. The fourth-order valence-electron chi connectivity index (χ4n) is 4.55. The Bertz CT molecular complexity index is 1150. The molecule has 2 saturated heterocycles. The Morgan fingerprint density at radius 3 is 2.64 bits per heavy atom. The van der Waals surface area contributed by atoms with Gasteiger partial charge in [-0.2, -0.15) is 0 Å². The first-order valence-electron chi connectivity index (χ1n) is 12.8. The van der Waals surface area contributed by atoms with Gasteiger partial charge in [0.1, 0.15) is 12.0 Å². The summed E-state index contributed by atoms with van der Waals surface area (Å²) in [6.07, 6.45) is 0.942. The third kappa shape index (κ3) is 6.57. The van der Waals surface area contributed by atoms with Crippen LogP contribution < -0.4 is 14.8 Å². The van der Waals surface area contributed by atoms with E-state index in [4.69, 9.17) is 14.2 Å². The second kappa shape index (κ2) is 11.7. The van der Waals surface area contributed by atoms with Crippen LogP contribution in [-0.4, -0.2) is 81.4 Å². The summed E-state index contributed by atoms with van der Waals surface area (Å²) in [5, 5.41) is 13.8. The minimum Gasteiger partial charge on any atom is -0.480 e. The number of hydrogen-bond donors (Lipinski definition) is 2. The van der Waals surface area contributed by atoms with Crippen molar-refractivity contribution in [2.24, 2.45) is 5.41 Å². The number of thioether (sulfide) groups is 1. The van der Waals surface area contributed by atoms with Gasteiger partial charge in [-0.1, -0.05) is 6.07 Å². The number of fused-ring (bicyclic) bond motifs is 2. The minimum absolute atomic E-state index is 0.0112. The van der Waals surface area contributed by atoms with E-state index in [1.165, 1.54) is 5.01 Å². The lowest BCUT2D eigenvalue weighted by Crippen LogP contribution is -2.62. The van der Waals surface area contributed by atoms with Crippen molar-refractivity contribution < 1.29 is 43.3 Å². The summed E-state index contributed by atoms with van der Waals surface area (Å²) < 4.78 is 16.2. The summed E-state index contributed by atoms with van der Waals surface area (Å²) in [5.41, 5.74) is 0.0558. The first-order valence-corrected chi connectivity index (χ1v) is 13.8. The van der Waals surface area contributed by atoms with E-state index in [-0.39, 0.29) is 50.9 Å². The van der Waals surface area contributed by atoms with Crippen LogP contribution in [0.2, 0.25) is 0 Å². The molecule has 3 heterocycles. The van der Waals surface area contributed by atoms with Crippen LogP contribution in [0, 0.1) is 5.41 Å². The van der Waals surface area contributed by atoms with Crippen LogP contribution in [-0.2, 0) is 35.1 Å². The van der Waals surface area contributed by atoms with Crippen LogP contribution in [0.5, 0.6) is 11.5 Å². The molecule has 0 aromatic heterocycles. The van der Waals surface area contributed by atoms with E-state index in [1.807, 2.05) is 0 Å². The standard InChI is InChI=1S/C26H33N3O9S/c1-26(2,3)25(35)38-14-39-20(12-15-6-8-18-19(11-15)37-13-36-18)22(31)27-16-7-9-21(30)28-10-4-5-17(24(33)34)29(28)23(16)32/h6,8,11,16-17,20H,4-5,7,9-10,12-14H2,1-3H3,(H,27,31)(H,33,34)/t16?,17-,20-/m0/s1. The van der Waals surface area contributed by atoms with Crippen molar-refractivity contribution in [2.45, 2.75) is 70.2 Å². The average Bonchev–Trinajstić information content (AvgIpc) is 3.32. The maximum absolute atomic E-state index is 13.5. The fraction of sp³-hybridized carbons (Fsp3) is 0.577. The Morgan fingerprint density at radius 2 is 1.92 bits per heavy atom. The van der Waals surface area contributed by atoms with Crippen LogP contribution in [0.15, 0.2) is 18.2 Å². The molecule has 3 amide bonds. The summed E-state index contributed by atoms with van der Waals surface area (Å²) in [4.78, 5) is 63.8. The van der Waals surface area contributed by atoms with E-state index in [9.17, 15) is 29.1 Å². The largest absolute Gasteiger partial charge is 0.480 e. The van der Waals surface area contributed by atoms with Gasteiger partial charge in [0.15, 0.2) is 17.5 Å². The number of nitrogens with zero attached hydrogens (tertiary/aromatic N) is 2. The van der Waals surface area contributed by atoms with Crippen molar-refractivity contribution in [3.05, 3.63) is 23.8 Å². The molecule has 4 rings (SSSR count). The van der Waals surface area contributed by atoms with Gasteiger partial charge in [0.2, 0.25) is 18.6 Å². The first-order chi connectivity index (χ1) is 18.5. The number of benzene rings is 1. The number of hydrogen-bond acceptors (Lipinski definition) is 9. The Morgan fingerprint density at radius 1 is 1.18 bits per heavy atom. The molecule has 1 aromatic carbocycles.